The average molecular weight is 592 g/mol. The Morgan fingerprint density at radius 1 is 1.07 bits per heavy atom. The number of ether oxygens (including phenoxy) is 2. The maximum Gasteiger partial charge on any atom is 0.197 e. The number of fused-ring (bicyclic) bond motifs is 1. The predicted molar refractivity (Wildman–Crippen MR) is 172 cm³/mol. The van der Waals surface area contributed by atoms with E-state index in [-0.39, 0.29) is 18.2 Å². The molecular weight excluding hydrogens is 542 g/mol. The van der Waals surface area contributed by atoms with Crippen LogP contribution in [0, 0.1) is 5.92 Å². The molecule has 2 N–H and O–H groups in total. The Morgan fingerprint density at radius 3 is 2.48 bits per heavy atom. The summed E-state index contributed by atoms with van der Waals surface area (Å²) in [5.74, 6) is 1.16. The maximum atomic E-state index is 10.7. The van der Waals surface area contributed by atoms with Crippen molar-refractivity contribution in [2.75, 3.05) is 19.8 Å². The smallest absolute Gasteiger partial charge is 0.197 e. The number of hydrogen-bond acceptors (Lipinski definition) is 7. The van der Waals surface area contributed by atoms with Crippen LogP contribution in [0.25, 0.3) is 12.2 Å². The second-order valence-corrected chi connectivity index (χ2v) is 19.1. The van der Waals surface area contributed by atoms with Gasteiger partial charge in [-0.3, -0.25) is 0 Å². The van der Waals surface area contributed by atoms with Crippen LogP contribution in [0.3, 0.4) is 0 Å². The second kappa shape index (κ2) is 14.7. The van der Waals surface area contributed by atoms with Crippen LogP contribution in [0.1, 0.15) is 61.4 Å². The molecule has 228 valence electrons. The molecule has 0 saturated heterocycles. The van der Waals surface area contributed by atoms with E-state index in [2.05, 4.69) is 78.5 Å². The Labute approximate surface area is 252 Å². The number of aliphatic hydroxyl groups is 1. The van der Waals surface area contributed by atoms with Gasteiger partial charge >= 0.3 is 0 Å². The van der Waals surface area contributed by atoms with E-state index in [0.29, 0.717) is 31.6 Å². The Kier molecular flexibility index (Phi) is 11.2. The zero-order chi connectivity index (χ0) is 30.2. The first-order valence-electron chi connectivity index (χ1n) is 15.2. The average Bonchev–Trinajstić information content (AvgIpc) is 3.57. The number of hydrogen-bond donors (Lipinski definition) is 2. The molecular formula is C33H49N5O3Si. The first kappa shape index (κ1) is 32.2. The zero-order valence-corrected chi connectivity index (χ0v) is 27.2. The van der Waals surface area contributed by atoms with Gasteiger partial charge in [0.2, 0.25) is 0 Å². The van der Waals surface area contributed by atoms with Crippen molar-refractivity contribution in [2.24, 2.45) is 5.92 Å². The highest BCUT2D eigenvalue weighted by Crippen LogP contribution is 2.32. The summed E-state index contributed by atoms with van der Waals surface area (Å²) in [6, 6.07) is 18.0. The summed E-state index contributed by atoms with van der Waals surface area (Å²) in [5, 5.41) is 26.9. The van der Waals surface area contributed by atoms with Crippen LogP contribution in [-0.2, 0) is 29.0 Å². The highest BCUT2D eigenvalue weighted by Gasteiger charge is 2.28. The van der Waals surface area contributed by atoms with Crippen molar-refractivity contribution >= 4 is 20.2 Å². The number of aromatic nitrogens is 4. The van der Waals surface area contributed by atoms with Gasteiger partial charge in [-0.1, -0.05) is 74.2 Å². The van der Waals surface area contributed by atoms with Gasteiger partial charge < -0.3 is 19.9 Å². The van der Waals surface area contributed by atoms with Crippen LogP contribution in [0.2, 0.25) is 25.7 Å². The number of aliphatic hydroxyl groups excluding tert-OH is 1. The van der Waals surface area contributed by atoms with Crippen LogP contribution in [0.4, 0.5) is 0 Å². The van der Waals surface area contributed by atoms with E-state index in [1.54, 1.807) is 0 Å². The summed E-state index contributed by atoms with van der Waals surface area (Å²) in [4.78, 5) is 1.48. The topological polar surface area (TPSA) is 94.3 Å². The first-order chi connectivity index (χ1) is 20.0. The summed E-state index contributed by atoms with van der Waals surface area (Å²) in [7, 11) is -1.12. The Hall–Kier alpha value is -2.69. The van der Waals surface area contributed by atoms with E-state index < -0.39 is 14.2 Å². The number of β-amino-alcohol motifs (C(OH)–C–C–N with tert-alkyl or cyclic N) is 1. The molecule has 2 atom stereocenters. The predicted octanol–water partition coefficient (Wildman–Crippen LogP) is 5.77. The Morgan fingerprint density at radius 2 is 1.76 bits per heavy atom. The summed E-state index contributed by atoms with van der Waals surface area (Å²) >= 11 is 0. The third-order valence-corrected chi connectivity index (χ3v) is 9.51. The van der Waals surface area contributed by atoms with Gasteiger partial charge in [-0.15, -0.1) is 15.0 Å². The summed E-state index contributed by atoms with van der Waals surface area (Å²) in [5.41, 5.74) is 4.95. The molecule has 4 rings (SSSR count). The molecule has 1 aliphatic rings. The third-order valence-electron chi connectivity index (χ3n) is 7.81. The molecule has 1 aromatic heterocycles. The van der Waals surface area contributed by atoms with Crippen LogP contribution in [0.15, 0.2) is 48.5 Å². The number of nitrogens with one attached hydrogen (secondary N) is 1. The minimum atomic E-state index is -1.12. The summed E-state index contributed by atoms with van der Waals surface area (Å²) in [6.45, 7) is 15.2. The molecule has 0 radical (unpaired) electrons. The molecule has 0 saturated carbocycles. The van der Waals surface area contributed by atoms with Crippen LogP contribution < -0.4 is 5.32 Å². The lowest BCUT2D eigenvalue weighted by molar-refractivity contribution is -0.00467. The standard InChI is InChI=1S/C33H49N5O3Si/c1-25(41-23-30(39)22-34-33(2,3)21-26-19-28-12-7-8-13-29(28)20-26)31-14-10-9-11-27(31)15-16-32-35-37-38(36-32)24-40-17-18-42(4,5)6/h7-16,25-26,30,34,39H,17-24H2,1-6H3/b16-15+/t25-,30-/m1/s1. The SMILES string of the molecule is C[C@@H](OC[C@H](O)CNC(C)(C)CC1Cc2ccccc2C1)c1ccccc1/C=C/c1nnn(COCC[Si](C)(C)C)n1. The minimum absolute atomic E-state index is 0.0628. The molecule has 42 heavy (non-hydrogen) atoms. The van der Waals surface area contributed by atoms with Gasteiger partial charge in [-0.2, -0.15) is 0 Å². The molecule has 0 unspecified atom stereocenters. The molecule has 1 heterocycles. The van der Waals surface area contributed by atoms with Gasteiger partial charge in [-0.25, -0.2) is 0 Å². The summed E-state index contributed by atoms with van der Waals surface area (Å²) < 4.78 is 11.8. The van der Waals surface area contributed by atoms with E-state index in [1.807, 2.05) is 43.3 Å². The van der Waals surface area contributed by atoms with Crippen molar-refractivity contribution in [1.29, 1.82) is 0 Å². The number of tetrazole rings is 1. The van der Waals surface area contributed by atoms with E-state index in [4.69, 9.17) is 9.47 Å². The lowest BCUT2D eigenvalue weighted by atomic mass is 9.88. The monoisotopic (exact) mass is 591 g/mol. The van der Waals surface area contributed by atoms with Crippen LogP contribution in [-0.4, -0.2) is 64.8 Å². The van der Waals surface area contributed by atoms with Crippen molar-refractivity contribution in [3.05, 3.63) is 76.6 Å². The van der Waals surface area contributed by atoms with Crippen molar-refractivity contribution in [3.8, 4) is 0 Å². The molecule has 0 fully saturated rings. The third kappa shape index (κ3) is 10.2. The molecule has 0 aliphatic heterocycles. The lowest BCUT2D eigenvalue weighted by Gasteiger charge is -2.31. The van der Waals surface area contributed by atoms with Crippen molar-refractivity contribution < 1.29 is 14.6 Å². The fourth-order valence-electron chi connectivity index (χ4n) is 5.49. The molecule has 2 aromatic carbocycles. The fourth-order valence-corrected chi connectivity index (χ4v) is 6.24. The number of rotatable bonds is 16. The van der Waals surface area contributed by atoms with Gasteiger partial charge in [-0.05, 0) is 85.5 Å². The molecule has 3 aromatic rings. The van der Waals surface area contributed by atoms with Crippen molar-refractivity contribution in [3.63, 3.8) is 0 Å². The van der Waals surface area contributed by atoms with Crippen LogP contribution >= 0.6 is 0 Å². The van der Waals surface area contributed by atoms with E-state index in [9.17, 15) is 5.11 Å². The maximum absolute atomic E-state index is 10.7. The molecule has 9 heteroatoms. The van der Waals surface area contributed by atoms with Crippen molar-refractivity contribution in [1.82, 2.24) is 25.5 Å². The van der Waals surface area contributed by atoms with Gasteiger partial charge in [0.1, 0.15) is 0 Å². The Balaban J connectivity index is 1.22. The minimum Gasteiger partial charge on any atom is -0.389 e. The lowest BCUT2D eigenvalue weighted by Crippen LogP contribution is -2.45. The first-order valence-corrected chi connectivity index (χ1v) is 18.9. The number of benzene rings is 2. The van der Waals surface area contributed by atoms with E-state index >= 15 is 0 Å². The molecule has 8 nitrogen and oxygen atoms in total. The van der Waals surface area contributed by atoms with Gasteiger partial charge in [0.25, 0.3) is 0 Å². The fraction of sp³-hybridized carbons (Fsp3) is 0.545. The highest BCUT2D eigenvalue weighted by atomic mass is 28.3. The molecule has 0 bridgehead atoms. The highest BCUT2D eigenvalue weighted by molar-refractivity contribution is 6.76. The van der Waals surface area contributed by atoms with Gasteiger partial charge in [0.05, 0.1) is 18.8 Å². The molecule has 0 spiro atoms. The quantitative estimate of drug-likeness (QED) is 0.161. The zero-order valence-electron chi connectivity index (χ0n) is 26.2. The van der Waals surface area contributed by atoms with Gasteiger partial charge in [0, 0.05) is 26.8 Å². The van der Waals surface area contributed by atoms with Gasteiger partial charge in [0.15, 0.2) is 12.6 Å². The second-order valence-electron chi connectivity index (χ2n) is 13.5. The van der Waals surface area contributed by atoms with E-state index in [1.165, 1.54) is 15.9 Å². The van der Waals surface area contributed by atoms with E-state index in [0.717, 1.165) is 36.4 Å². The van der Waals surface area contributed by atoms with Crippen molar-refractivity contribution in [2.45, 2.75) is 90.2 Å². The normalized spacial score (nSPS) is 15.8. The molecule has 1 aliphatic carbocycles. The van der Waals surface area contributed by atoms with Crippen LogP contribution in [0.5, 0.6) is 0 Å². The molecule has 0 amide bonds. The number of nitrogens with zero attached hydrogens (tertiary/aromatic N) is 4. The Bertz CT molecular complexity index is 1280. The largest absolute Gasteiger partial charge is 0.389 e. The summed E-state index contributed by atoms with van der Waals surface area (Å²) in [6.07, 6.45) is 6.39.